The van der Waals surface area contributed by atoms with Gasteiger partial charge in [0.05, 0.1) is 0 Å². The molecule has 7 heteroatoms. The second-order valence-corrected chi connectivity index (χ2v) is 3.59. The van der Waals surface area contributed by atoms with Crippen LogP contribution in [0.2, 0.25) is 0 Å². The summed E-state index contributed by atoms with van der Waals surface area (Å²) in [4.78, 5) is 13.1. The van der Waals surface area contributed by atoms with E-state index >= 15 is 0 Å². The molecule has 2 saturated heterocycles. The first-order valence-electron chi connectivity index (χ1n) is 3.84. The molecular formula is C6H8N4OS2. The highest BCUT2D eigenvalue weighted by molar-refractivity contribution is 7.80. The number of thiocarbonyl (C=S) groups is 2. The standard InChI is InChI=1S/C6H8N4OS2/c11-4-3(8-5(12)9-4)10-2-1-7-6(10)13/h3H,1-2H2,(H,7,13)(H2,8,9,11,12). The fourth-order valence-corrected chi connectivity index (χ4v) is 1.87. The maximum atomic E-state index is 11.3. The average molecular weight is 216 g/mol. The molecule has 13 heavy (non-hydrogen) atoms. The van der Waals surface area contributed by atoms with Gasteiger partial charge in [-0.15, -0.1) is 0 Å². The quantitative estimate of drug-likeness (QED) is 0.464. The van der Waals surface area contributed by atoms with E-state index in [9.17, 15) is 4.79 Å². The van der Waals surface area contributed by atoms with Crippen LogP contribution in [0.1, 0.15) is 0 Å². The minimum Gasteiger partial charge on any atom is -0.361 e. The summed E-state index contributed by atoms with van der Waals surface area (Å²) < 4.78 is 0. The third-order valence-corrected chi connectivity index (χ3v) is 2.55. The van der Waals surface area contributed by atoms with Gasteiger partial charge in [0.15, 0.2) is 16.4 Å². The van der Waals surface area contributed by atoms with Crippen molar-refractivity contribution in [2.24, 2.45) is 0 Å². The highest BCUT2D eigenvalue weighted by Crippen LogP contribution is 2.05. The summed E-state index contributed by atoms with van der Waals surface area (Å²) in [5.41, 5.74) is 0. The molecule has 1 unspecified atom stereocenters. The Hall–Kier alpha value is -0.950. The molecule has 1 amide bonds. The highest BCUT2D eigenvalue weighted by atomic mass is 32.1. The second kappa shape index (κ2) is 3.08. The van der Waals surface area contributed by atoms with E-state index in [0.717, 1.165) is 13.1 Å². The zero-order valence-corrected chi connectivity index (χ0v) is 8.30. The van der Waals surface area contributed by atoms with E-state index in [1.54, 1.807) is 4.90 Å². The fourth-order valence-electron chi connectivity index (χ4n) is 1.36. The summed E-state index contributed by atoms with van der Waals surface area (Å²) in [5, 5.41) is 9.30. The third-order valence-electron chi connectivity index (χ3n) is 1.95. The normalized spacial score (nSPS) is 27.2. The summed E-state index contributed by atoms with van der Waals surface area (Å²) in [5.74, 6) is -0.143. The molecule has 2 heterocycles. The van der Waals surface area contributed by atoms with Crippen molar-refractivity contribution in [3.8, 4) is 0 Å². The van der Waals surface area contributed by atoms with E-state index in [1.807, 2.05) is 0 Å². The number of rotatable bonds is 1. The number of hydrogen-bond acceptors (Lipinski definition) is 3. The monoisotopic (exact) mass is 216 g/mol. The van der Waals surface area contributed by atoms with Crippen LogP contribution in [0.25, 0.3) is 0 Å². The maximum absolute atomic E-state index is 11.3. The fraction of sp³-hybridized carbons (Fsp3) is 0.500. The van der Waals surface area contributed by atoms with Crippen molar-refractivity contribution in [2.75, 3.05) is 13.1 Å². The molecule has 70 valence electrons. The van der Waals surface area contributed by atoms with Gasteiger partial charge in [-0.2, -0.15) is 0 Å². The number of carbonyl (C=O) groups excluding carboxylic acids is 1. The van der Waals surface area contributed by atoms with Crippen LogP contribution in [-0.2, 0) is 4.79 Å². The highest BCUT2D eigenvalue weighted by Gasteiger charge is 2.35. The molecule has 0 aromatic rings. The van der Waals surface area contributed by atoms with Gasteiger partial charge in [-0.25, -0.2) is 0 Å². The molecule has 1 atom stereocenters. The van der Waals surface area contributed by atoms with Crippen molar-refractivity contribution in [3.63, 3.8) is 0 Å². The van der Waals surface area contributed by atoms with Crippen LogP contribution in [0.15, 0.2) is 0 Å². The van der Waals surface area contributed by atoms with Crippen LogP contribution < -0.4 is 16.0 Å². The van der Waals surface area contributed by atoms with Crippen LogP contribution in [0.4, 0.5) is 0 Å². The molecule has 5 nitrogen and oxygen atoms in total. The first kappa shape index (κ1) is 8.64. The molecule has 0 saturated carbocycles. The SMILES string of the molecule is O=C1NC(=S)NC1N1CCNC1=S. The predicted molar refractivity (Wildman–Crippen MR) is 55.0 cm³/mol. The zero-order chi connectivity index (χ0) is 9.42. The van der Waals surface area contributed by atoms with Gasteiger partial charge in [0, 0.05) is 13.1 Å². The molecule has 2 fully saturated rings. The van der Waals surface area contributed by atoms with Gasteiger partial charge >= 0.3 is 0 Å². The van der Waals surface area contributed by atoms with Gasteiger partial charge in [-0.1, -0.05) is 0 Å². The average Bonchev–Trinajstić information content (AvgIpc) is 2.58. The Bertz CT molecular complexity index is 292. The van der Waals surface area contributed by atoms with Crippen molar-refractivity contribution >= 4 is 40.6 Å². The molecular weight excluding hydrogens is 208 g/mol. The van der Waals surface area contributed by atoms with Crippen LogP contribution in [0.5, 0.6) is 0 Å². The van der Waals surface area contributed by atoms with Crippen LogP contribution >= 0.6 is 24.4 Å². The lowest BCUT2D eigenvalue weighted by Crippen LogP contribution is -2.48. The second-order valence-electron chi connectivity index (χ2n) is 2.79. The Morgan fingerprint density at radius 3 is 2.69 bits per heavy atom. The topological polar surface area (TPSA) is 56.4 Å². The Morgan fingerprint density at radius 2 is 2.23 bits per heavy atom. The first-order chi connectivity index (χ1) is 6.18. The van der Waals surface area contributed by atoms with Gasteiger partial charge < -0.3 is 15.5 Å². The van der Waals surface area contributed by atoms with Crippen molar-refractivity contribution < 1.29 is 4.79 Å². The Morgan fingerprint density at radius 1 is 1.46 bits per heavy atom. The molecule has 2 rings (SSSR count). The van der Waals surface area contributed by atoms with E-state index in [0.29, 0.717) is 10.2 Å². The van der Waals surface area contributed by atoms with E-state index < -0.39 is 6.17 Å². The van der Waals surface area contributed by atoms with Gasteiger partial charge in [0.2, 0.25) is 0 Å². The number of nitrogens with zero attached hydrogens (tertiary/aromatic N) is 1. The summed E-state index contributed by atoms with van der Waals surface area (Å²) in [6, 6.07) is 0. The molecule has 0 aromatic carbocycles. The van der Waals surface area contributed by atoms with Crippen LogP contribution in [0, 0.1) is 0 Å². The Kier molecular flexibility index (Phi) is 2.04. The van der Waals surface area contributed by atoms with Crippen molar-refractivity contribution in [1.82, 2.24) is 20.9 Å². The molecule has 0 aromatic heterocycles. The van der Waals surface area contributed by atoms with Gasteiger partial charge in [-0.05, 0) is 24.4 Å². The third kappa shape index (κ3) is 1.44. The number of nitrogens with one attached hydrogen (secondary N) is 3. The molecule has 2 aliphatic rings. The maximum Gasteiger partial charge on any atom is 0.269 e. The van der Waals surface area contributed by atoms with Crippen LogP contribution in [0.3, 0.4) is 0 Å². The summed E-state index contributed by atoms with van der Waals surface area (Å²) in [6.45, 7) is 1.50. The van der Waals surface area contributed by atoms with Crippen molar-refractivity contribution in [2.45, 2.75) is 6.17 Å². The first-order valence-corrected chi connectivity index (χ1v) is 4.66. The predicted octanol–water partition coefficient (Wildman–Crippen LogP) is -1.49. The number of amides is 1. The molecule has 0 aliphatic carbocycles. The van der Waals surface area contributed by atoms with E-state index in [2.05, 4.69) is 16.0 Å². The molecule has 2 aliphatic heterocycles. The number of hydrogen-bond donors (Lipinski definition) is 3. The molecule has 0 spiro atoms. The molecule has 0 radical (unpaired) electrons. The van der Waals surface area contributed by atoms with E-state index in [1.165, 1.54) is 0 Å². The van der Waals surface area contributed by atoms with E-state index in [4.69, 9.17) is 24.4 Å². The Balaban J connectivity index is 2.12. The van der Waals surface area contributed by atoms with Gasteiger partial charge in [0.1, 0.15) is 0 Å². The molecule has 0 bridgehead atoms. The zero-order valence-electron chi connectivity index (χ0n) is 6.66. The lowest BCUT2D eigenvalue weighted by molar-refractivity contribution is -0.122. The minimum atomic E-state index is -0.435. The Labute approximate surface area is 85.8 Å². The summed E-state index contributed by atoms with van der Waals surface area (Å²) in [6.07, 6.45) is -0.435. The van der Waals surface area contributed by atoms with E-state index in [-0.39, 0.29) is 5.91 Å². The number of carbonyl (C=O) groups is 1. The van der Waals surface area contributed by atoms with Crippen molar-refractivity contribution in [1.29, 1.82) is 0 Å². The summed E-state index contributed by atoms with van der Waals surface area (Å²) in [7, 11) is 0. The summed E-state index contributed by atoms with van der Waals surface area (Å²) >= 11 is 9.83. The minimum absolute atomic E-state index is 0.143. The van der Waals surface area contributed by atoms with Crippen molar-refractivity contribution in [3.05, 3.63) is 0 Å². The van der Waals surface area contributed by atoms with Gasteiger partial charge in [0.25, 0.3) is 5.91 Å². The smallest absolute Gasteiger partial charge is 0.269 e. The lowest BCUT2D eigenvalue weighted by atomic mass is 10.4. The van der Waals surface area contributed by atoms with Gasteiger partial charge in [-0.3, -0.25) is 10.1 Å². The lowest BCUT2D eigenvalue weighted by Gasteiger charge is -2.21. The van der Waals surface area contributed by atoms with Crippen LogP contribution in [-0.4, -0.2) is 40.3 Å². The largest absolute Gasteiger partial charge is 0.361 e. The molecule has 3 N–H and O–H groups in total.